The van der Waals surface area contributed by atoms with Gasteiger partial charge in [-0.15, -0.1) is 0 Å². The Kier molecular flexibility index (Phi) is 5.20. The van der Waals surface area contributed by atoms with Crippen LogP contribution in [0.5, 0.6) is 0 Å². The molecule has 4 saturated carbocycles. The molecule has 2 aromatic rings. The van der Waals surface area contributed by atoms with Crippen molar-refractivity contribution < 1.29 is 14.0 Å². The van der Waals surface area contributed by atoms with E-state index in [0.717, 1.165) is 79.9 Å². The number of likely N-dealkylation sites (tertiary alicyclic amines) is 1. The predicted molar refractivity (Wildman–Crippen MR) is 125 cm³/mol. The molecule has 7 heteroatoms. The summed E-state index contributed by atoms with van der Waals surface area (Å²) in [5, 5.41) is 5.90. The lowest BCUT2D eigenvalue weighted by Crippen LogP contribution is -2.62. The SMILES string of the molecule is CC(C(=O)NC(=O)NC12CC3CC(CC(C3)C1)C2)N1CCC(c2nc3ccccc3o2)CC1. The average molecular weight is 451 g/mol. The van der Waals surface area contributed by atoms with Crippen molar-refractivity contribution >= 4 is 23.0 Å². The van der Waals surface area contributed by atoms with Crippen LogP contribution in [0.15, 0.2) is 28.7 Å². The third-order valence-corrected chi connectivity index (χ3v) is 8.77. The number of piperidine rings is 1. The molecule has 1 aromatic carbocycles. The molecule has 1 aromatic heterocycles. The third-order valence-electron chi connectivity index (χ3n) is 8.77. The van der Waals surface area contributed by atoms with E-state index in [1.165, 1.54) is 19.3 Å². The van der Waals surface area contributed by atoms with Gasteiger partial charge in [0.2, 0.25) is 5.91 Å². The smallest absolute Gasteiger partial charge is 0.321 e. The number of urea groups is 1. The Hall–Kier alpha value is -2.41. The molecule has 1 unspecified atom stereocenters. The zero-order valence-electron chi connectivity index (χ0n) is 19.4. The van der Waals surface area contributed by atoms with Gasteiger partial charge in [-0.1, -0.05) is 12.1 Å². The number of para-hydroxylation sites is 2. The van der Waals surface area contributed by atoms with E-state index < -0.39 is 0 Å². The molecule has 5 fully saturated rings. The van der Waals surface area contributed by atoms with Crippen LogP contribution in [0.1, 0.15) is 70.1 Å². The van der Waals surface area contributed by atoms with Gasteiger partial charge in [0.25, 0.3) is 0 Å². The molecule has 1 atom stereocenters. The first-order valence-corrected chi connectivity index (χ1v) is 12.7. The molecule has 1 saturated heterocycles. The van der Waals surface area contributed by atoms with Gasteiger partial charge in [-0.2, -0.15) is 0 Å². The molecule has 0 radical (unpaired) electrons. The standard InChI is InChI=1S/C26H34N4O3/c1-16(30-8-6-20(7-9-30)24-27-21-4-2-3-5-22(21)33-24)23(31)28-25(32)29-26-13-17-10-18(14-26)12-19(11-17)15-26/h2-5,16-20H,6-15H2,1H3,(H2,28,29,31,32). The van der Waals surface area contributed by atoms with E-state index in [2.05, 4.69) is 20.5 Å². The second-order valence-corrected chi connectivity index (χ2v) is 11.1. The van der Waals surface area contributed by atoms with E-state index in [0.29, 0.717) is 0 Å². The number of oxazole rings is 1. The van der Waals surface area contributed by atoms with Crippen molar-refractivity contribution in [1.29, 1.82) is 0 Å². The largest absolute Gasteiger partial charge is 0.440 e. The fourth-order valence-corrected chi connectivity index (χ4v) is 7.52. The molecule has 1 aliphatic heterocycles. The maximum atomic E-state index is 12.9. The number of fused-ring (bicyclic) bond motifs is 1. The molecule has 4 bridgehead atoms. The molecule has 33 heavy (non-hydrogen) atoms. The van der Waals surface area contributed by atoms with E-state index in [9.17, 15) is 9.59 Å². The third kappa shape index (κ3) is 4.05. The minimum Gasteiger partial charge on any atom is -0.440 e. The Balaban J connectivity index is 1.02. The van der Waals surface area contributed by atoms with Crippen molar-refractivity contribution in [3.63, 3.8) is 0 Å². The number of benzene rings is 1. The highest BCUT2D eigenvalue weighted by Gasteiger charge is 2.51. The second-order valence-electron chi connectivity index (χ2n) is 11.1. The van der Waals surface area contributed by atoms with Crippen molar-refractivity contribution in [3.8, 4) is 0 Å². The number of aromatic nitrogens is 1. The molecule has 0 spiro atoms. The summed E-state index contributed by atoms with van der Waals surface area (Å²) in [4.78, 5) is 32.4. The van der Waals surface area contributed by atoms with Gasteiger partial charge < -0.3 is 9.73 Å². The lowest BCUT2D eigenvalue weighted by atomic mass is 9.53. The lowest BCUT2D eigenvalue weighted by molar-refractivity contribution is -0.125. The van der Waals surface area contributed by atoms with Crippen molar-refractivity contribution in [2.45, 2.75) is 75.8 Å². The molecule has 7 nitrogen and oxygen atoms in total. The first-order valence-electron chi connectivity index (χ1n) is 12.7. The zero-order valence-corrected chi connectivity index (χ0v) is 19.4. The number of carbonyl (C=O) groups is 2. The number of carbonyl (C=O) groups excluding carboxylic acids is 2. The Morgan fingerprint density at radius 3 is 2.33 bits per heavy atom. The van der Waals surface area contributed by atoms with Crippen LogP contribution in [0.4, 0.5) is 4.79 Å². The summed E-state index contributed by atoms with van der Waals surface area (Å²) in [5.41, 5.74) is 1.64. The van der Waals surface area contributed by atoms with Gasteiger partial charge in [0, 0.05) is 11.5 Å². The van der Waals surface area contributed by atoms with Crippen molar-refractivity contribution in [2.24, 2.45) is 17.8 Å². The molecule has 4 aliphatic carbocycles. The van der Waals surface area contributed by atoms with Crippen LogP contribution in [-0.4, -0.2) is 46.5 Å². The highest BCUT2D eigenvalue weighted by Crippen LogP contribution is 2.55. The van der Waals surface area contributed by atoms with Crippen LogP contribution in [0, 0.1) is 17.8 Å². The summed E-state index contributed by atoms with van der Waals surface area (Å²) in [5.74, 6) is 3.12. The van der Waals surface area contributed by atoms with Gasteiger partial charge in [0.05, 0.1) is 6.04 Å². The summed E-state index contributed by atoms with van der Waals surface area (Å²) in [6, 6.07) is 7.20. The predicted octanol–water partition coefficient (Wildman–Crippen LogP) is 4.19. The number of hydrogen-bond acceptors (Lipinski definition) is 5. The van der Waals surface area contributed by atoms with E-state index in [1.807, 2.05) is 31.2 Å². The molecule has 176 valence electrons. The number of nitrogens with one attached hydrogen (secondary N) is 2. The minimum atomic E-state index is -0.336. The number of hydrogen-bond donors (Lipinski definition) is 2. The average Bonchev–Trinajstić information content (AvgIpc) is 3.21. The summed E-state index contributed by atoms with van der Waals surface area (Å²) in [7, 11) is 0. The van der Waals surface area contributed by atoms with Gasteiger partial charge in [0.1, 0.15) is 5.52 Å². The van der Waals surface area contributed by atoms with Crippen molar-refractivity contribution in [2.75, 3.05) is 13.1 Å². The summed E-state index contributed by atoms with van der Waals surface area (Å²) in [6.45, 7) is 3.47. The summed E-state index contributed by atoms with van der Waals surface area (Å²) < 4.78 is 5.96. The lowest BCUT2D eigenvalue weighted by Gasteiger charge is -2.56. The van der Waals surface area contributed by atoms with E-state index in [1.54, 1.807) is 0 Å². The fourth-order valence-electron chi connectivity index (χ4n) is 7.52. The molecule has 3 amide bonds. The van der Waals surface area contributed by atoms with E-state index in [4.69, 9.17) is 4.42 Å². The van der Waals surface area contributed by atoms with Crippen LogP contribution in [-0.2, 0) is 4.79 Å². The Bertz CT molecular complexity index is 986. The Morgan fingerprint density at radius 2 is 1.70 bits per heavy atom. The molecule has 7 rings (SSSR count). The highest BCUT2D eigenvalue weighted by molar-refractivity contribution is 5.97. The molecule has 5 aliphatic rings. The monoisotopic (exact) mass is 450 g/mol. The molecular weight excluding hydrogens is 416 g/mol. The van der Waals surface area contributed by atoms with Crippen LogP contribution in [0.2, 0.25) is 0 Å². The molecule has 2 heterocycles. The van der Waals surface area contributed by atoms with Gasteiger partial charge in [-0.05, 0) is 101 Å². The minimum absolute atomic E-state index is 0.0831. The first kappa shape index (κ1) is 21.1. The Labute approximate surface area is 194 Å². The molecular formula is C26H34N4O3. The van der Waals surface area contributed by atoms with Crippen LogP contribution >= 0.6 is 0 Å². The quantitative estimate of drug-likeness (QED) is 0.729. The van der Waals surface area contributed by atoms with E-state index >= 15 is 0 Å². The summed E-state index contributed by atoms with van der Waals surface area (Å²) in [6.07, 6.45) is 9.03. The Morgan fingerprint density at radius 1 is 1.06 bits per heavy atom. The maximum absolute atomic E-state index is 12.9. The maximum Gasteiger partial charge on any atom is 0.321 e. The second kappa shape index (κ2) is 8.12. The van der Waals surface area contributed by atoms with Gasteiger partial charge >= 0.3 is 6.03 Å². The van der Waals surface area contributed by atoms with E-state index in [-0.39, 0.29) is 29.4 Å². The normalized spacial score (nSPS) is 32.7. The summed E-state index contributed by atoms with van der Waals surface area (Å²) >= 11 is 0. The number of imide groups is 1. The highest BCUT2D eigenvalue weighted by atomic mass is 16.3. The van der Waals surface area contributed by atoms with Crippen molar-refractivity contribution in [1.82, 2.24) is 20.5 Å². The molecule has 2 N–H and O–H groups in total. The number of rotatable bonds is 4. The van der Waals surface area contributed by atoms with Gasteiger partial charge in [-0.25, -0.2) is 9.78 Å². The zero-order chi connectivity index (χ0) is 22.6. The van der Waals surface area contributed by atoms with Crippen LogP contribution in [0.25, 0.3) is 11.1 Å². The van der Waals surface area contributed by atoms with Gasteiger partial charge in [-0.3, -0.25) is 15.0 Å². The number of amides is 3. The topological polar surface area (TPSA) is 87.5 Å². The van der Waals surface area contributed by atoms with Crippen LogP contribution < -0.4 is 10.6 Å². The van der Waals surface area contributed by atoms with Crippen LogP contribution in [0.3, 0.4) is 0 Å². The number of nitrogens with zero attached hydrogens (tertiary/aromatic N) is 2. The van der Waals surface area contributed by atoms with Crippen molar-refractivity contribution in [3.05, 3.63) is 30.2 Å². The first-order chi connectivity index (χ1) is 16.0. The fraction of sp³-hybridized carbons (Fsp3) is 0.654. The van der Waals surface area contributed by atoms with Gasteiger partial charge in [0.15, 0.2) is 11.5 Å².